The van der Waals surface area contributed by atoms with Crippen LogP contribution < -0.4 is 10.2 Å². The highest BCUT2D eigenvalue weighted by molar-refractivity contribution is 5.94. The second kappa shape index (κ2) is 8.44. The summed E-state index contributed by atoms with van der Waals surface area (Å²) in [6.45, 7) is 4.50. The highest BCUT2D eigenvalue weighted by Crippen LogP contribution is 2.35. The molecule has 2 aliphatic rings. The zero-order chi connectivity index (χ0) is 24.0. The molecule has 180 valence electrons. The number of hydrogen-bond donors (Lipinski definition) is 2. The maximum atomic E-state index is 13.0. The van der Waals surface area contributed by atoms with Gasteiger partial charge in [0, 0.05) is 30.7 Å². The molecule has 3 aromatic heterocycles. The van der Waals surface area contributed by atoms with Crippen molar-refractivity contribution in [3.05, 3.63) is 58.3 Å². The van der Waals surface area contributed by atoms with Gasteiger partial charge in [0.05, 0.1) is 36.0 Å². The topological polar surface area (TPSA) is 91.7 Å². The highest BCUT2D eigenvalue weighted by atomic mass is 19.4. The normalized spacial score (nSPS) is 20.1. The molecular weight excluding hydrogens is 447 g/mol. The van der Waals surface area contributed by atoms with Crippen molar-refractivity contribution >= 4 is 11.7 Å². The number of hydrogen-bond acceptors (Lipinski definition) is 5. The van der Waals surface area contributed by atoms with Crippen LogP contribution in [0.4, 0.5) is 19.0 Å². The molecule has 34 heavy (non-hydrogen) atoms. The largest absolute Gasteiger partial charge is 0.393 e. The molecule has 0 saturated carbocycles. The van der Waals surface area contributed by atoms with E-state index in [4.69, 9.17) is 0 Å². The second-order valence-corrected chi connectivity index (χ2v) is 9.09. The van der Waals surface area contributed by atoms with E-state index in [0.717, 1.165) is 35.5 Å². The molecule has 0 aromatic carbocycles. The lowest BCUT2D eigenvalue weighted by Gasteiger charge is -2.20. The number of H-pyrrole nitrogens is 1. The number of nitrogens with zero attached hydrogens (tertiary/aromatic N) is 5. The summed E-state index contributed by atoms with van der Waals surface area (Å²) >= 11 is 0. The Morgan fingerprint density at radius 3 is 2.82 bits per heavy atom. The number of aromatic nitrogens is 5. The van der Waals surface area contributed by atoms with E-state index in [1.54, 1.807) is 21.8 Å². The number of rotatable bonds is 5. The quantitative estimate of drug-likeness (QED) is 0.592. The zero-order valence-electron chi connectivity index (χ0n) is 19.0. The summed E-state index contributed by atoms with van der Waals surface area (Å²) < 4.78 is 40.6. The van der Waals surface area contributed by atoms with Crippen LogP contribution in [0.25, 0.3) is 0 Å². The van der Waals surface area contributed by atoms with Crippen molar-refractivity contribution in [1.82, 2.24) is 30.3 Å². The molecule has 0 spiro atoms. The summed E-state index contributed by atoms with van der Waals surface area (Å²) in [4.78, 5) is 18.9. The van der Waals surface area contributed by atoms with Crippen LogP contribution >= 0.6 is 0 Å². The van der Waals surface area contributed by atoms with Gasteiger partial charge in [-0.05, 0) is 50.3 Å². The number of amides is 1. The van der Waals surface area contributed by atoms with Crippen molar-refractivity contribution in [1.29, 1.82) is 0 Å². The smallest absolute Gasteiger partial charge is 0.356 e. The van der Waals surface area contributed by atoms with Gasteiger partial charge in [0.15, 0.2) is 0 Å². The standard InChI is InChI=1S/C23H26F3N7O/c1-13-15(3-6-20(28-13)32-8-7-17(12-32)23(24,25)26)10-33-11-16(9-27-33)22(34)29-19-5-4-18-14(2)30-31-21(18)19/h3,6,9,11,17,19H,4-5,7-8,10,12H2,1-2H3,(H,29,34)(H,30,31)/t17?,19-/m1/s1. The van der Waals surface area contributed by atoms with Crippen LogP contribution in [0.3, 0.4) is 0 Å². The Kier molecular flexibility index (Phi) is 5.57. The third-order valence-electron chi connectivity index (χ3n) is 6.81. The van der Waals surface area contributed by atoms with Crippen molar-refractivity contribution in [3.63, 3.8) is 0 Å². The molecule has 1 unspecified atom stereocenters. The molecule has 8 nitrogen and oxygen atoms in total. The number of fused-ring (bicyclic) bond motifs is 1. The molecule has 0 bridgehead atoms. The summed E-state index contributed by atoms with van der Waals surface area (Å²) in [5.74, 6) is -0.961. The fraction of sp³-hybridized carbons (Fsp3) is 0.478. The number of anilines is 1. The van der Waals surface area contributed by atoms with Crippen molar-refractivity contribution in [2.45, 2.75) is 51.9 Å². The molecule has 4 heterocycles. The van der Waals surface area contributed by atoms with Gasteiger partial charge in [-0.2, -0.15) is 23.4 Å². The van der Waals surface area contributed by atoms with Crippen molar-refractivity contribution in [3.8, 4) is 0 Å². The van der Waals surface area contributed by atoms with E-state index in [9.17, 15) is 18.0 Å². The Hall–Kier alpha value is -3.37. The molecule has 1 saturated heterocycles. The summed E-state index contributed by atoms with van der Waals surface area (Å²) in [5.41, 5.74) is 5.19. The number of alkyl halides is 3. The van der Waals surface area contributed by atoms with E-state index in [1.807, 2.05) is 19.9 Å². The van der Waals surface area contributed by atoms with Gasteiger partial charge in [-0.25, -0.2) is 4.98 Å². The van der Waals surface area contributed by atoms with Crippen molar-refractivity contribution in [2.75, 3.05) is 18.0 Å². The third kappa shape index (κ3) is 4.26. The van der Waals surface area contributed by atoms with Gasteiger partial charge < -0.3 is 10.2 Å². The first-order chi connectivity index (χ1) is 16.2. The number of aromatic amines is 1. The minimum atomic E-state index is -4.18. The predicted octanol–water partition coefficient (Wildman–Crippen LogP) is 3.47. The fourth-order valence-corrected chi connectivity index (χ4v) is 4.78. The van der Waals surface area contributed by atoms with E-state index < -0.39 is 12.1 Å². The van der Waals surface area contributed by atoms with Crippen LogP contribution in [0.2, 0.25) is 0 Å². The van der Waals surface area contributed by atoms with Crippen LogP contribution in [-0.4, -0.2) is 50.1 Å². The van der Waals surface area contributed by atoms with Gasteiger partial charge in [-0.1, -0.05) is 6.07 Å². The van der Waals surface area contributed by atoms with E-state index in [0.29, 0.717) is 24.5 Å². The van der Waals surface area contributed by atoms with Crippen LogP contribution in [0.1, 0.15) is 57.5 Å². The minimum absolute atomic E-state index is 0.0623. The first-order valence-electron chi connectivity index (χ1n) is 11.3. The third-order valence-corrected chi connectivity index (χ3v) is 6.81. The first-order valence-corrected chi connectivity index (χ1v) is 11.3. The lowest BCUT2D eigenvalue weighted by molar-refractivity contribution is -0.168. The van der Waals surface area contributed by atoms with Gasteiger partial charge in [0.2, 0.25) is 0 Å². The van der Waals surface area contributed by atoms with Crippen LogP contribution in [0, 0.1) is 19.8 Å². The molecular formula is C23H26F3N7O. The summed E-state index contributed by atoms with van der Waals surface area (Å²) in [5, 5.41) is 14.6. The van der Waals surface area contributed by atoms with Gasteiger partial charge in [-0.3, -0.25) is 14.6 Å². The maximum Gasteiger partial charge on any atom is 0.393 e. The van der Waals surface area contributed by atoms with Crippen LogP contribution in [0.5, 0.6) is 0 Å². The lowest BCUT2D eigenvalue weighted by atomic mass is 10.1. The zero-order valence-corrected chi connectivity index (χ0v) is 19.0. The summed E-state index contributed by atoms with van der Waals surface area (Å²) in [6, 6.07) is 3.50. The predicted molar refractivity (Wildman–Crippen MR) is 119 cm³/mol. The molecule has 1 aliphatic carbocycles. The SMILES string of the molecule is Cc1nc(N2CCC(C(F)(F)F)C2)ccc1Cn1cc(C(=O)N[C@@H]2CCc3c2n[nH]c3C)cn1. The Morgan fingerprint density at radius 1 is 1.26 bits per heavy atom. The first kappa shape index (κ1) is 22.4. The Balaban J connectivity index is 1.22. The Morgan fingerprint density at radius 2 is 2.09 bits per heavy atom. The van der Waals surface area contributed by atoms with E-state index in [-0.39, 0.29) is 24.9 Å². The number of pyridine rings is 1. The van der Waals surface area contributed by atoms with E-state index in [1.165, 1.54) is 11.8 Å². The average molecular weight is 474 g/mol. The van der Waals surface area contributed by atoms with Gasteiger partial charge in [0.25, 0.3) is 5.91 Å². The maximum absolute atomic E-state index is 13.0. The molecule has 0 radical (unpaired) electrons. The number of carbonyl (C=O) groups is 1. The monoisotopic (exact) mass is 473 g/mol. The molecule has 2 atom stereocenters. The van der Waals surface area contributed by atoms with Gasteiger partial charge in [0.1, 0.15) is 5.82 Å². The highest BCUT2D eigenvalue weighted by Gasteiger charge is 2.43. The van der Waals surface area contributed by atoms with Gasteiger partial charge in [-0.15, -0.1) is 0 Å². The lowest BCUT2D eigenvalue weighted by Crippen LogP contribution is -2.28. The van der Waals surface area contributed by atoms with E-state index in [2.05, 4.69) is 25.6 Å². The molecule has 11 heteroatoms. The average Bonchev–Trinajstić information content (AvgIpc) is 3.56. The van der Waals surface area contributed by atoms with Gasteiger partial charge >= 0.3 is 6.18 Å². The van der Waals surface area contributed by atoms with Crippen LogP contribution in [0.15, 0.2) is 24.5 Å². The molecule has 1 amide bonds. The van der Waals surface area contributed by atoms with Crippen molar-refractivity contribution in [2.24, 2.45) is 5.92 Å². The molecule has 3 aromatic rings. The van der Waals surface area contributed by atoms with Crippen LogP contribution in [-0.2, 0) is 13.0 Å². The second-order valence-electron chi connectivity index (χ2n) is 9.09. The minimum Gasteiger partial charge on any atom is -0.356 e. The fourth-order valence-electron chi connectivity index (χ4n) is 4.78. The number of carbonyl (C=O) groups excluding carboxylic acids is 1. The molecule has 5 rings (SSSR count). The molecule has 1 aliphatic heterocycles. The number of aryl methyl sites for hydroxylation is 2. The number of nitrogens with one attached hydrogen (secondary N) is 2. The molecule has 2 N–H and O–H groups in total. The molecule has 1 fully saturated rings. The van der Waals surface area contributed by atoms with Crippen molar-refractivity contribution < 1.29 is 18.0 Å². The van der Waals surface area contributed by atoms with E-state index >= 15 is 0 Å². The number of halogens is 3. The Bertz CT molecular complexity index is 1220. The summed E-state index contributed by atoms with van der Waals surface area (Å²) in [6.07, 6.45) is 0.836. The summed E-state index contributed by atoms with van der Waals surface area (Å²) in [7, 11) is 0. The Labute approximate surface area is 194 Å².